The first kappa shape index (κ1) is 13.9. The molecule has 0 aliphatic rings. The van der Waals surface area contributed by atoms with E-state index in [1.165, 1.54) is 19.2 Å². The summed E-state index contributed by atoms with van der Waals surface area (Å²) in [5.41, 5.74) is 0.325. The molecule has 2 aromatic rings. The van der Waals surface area contributed by atoms with E-state index in [0.717, 1.165) is 0 Å². The van der Waals surface area contributed by atoms with Gasteiger partial charge in [-0.25, -0.2) is 0 Å². The van der Waals surface area contributed by atoms with Gasteiger partial charge >= 0.3 is 5.69 Å². The molecule has 0 aliphatic heterocycles. The summed E-state index contributed by atoms with van der Waals surface area (Å²) in [7, 11) is 3.15. The van der Waals surface area contributed by atoms with Crippen molar-refractivity contribution in [3.05, 3.63) is 34.2 Å². The average Bonchev–Trinajstić information content (AvgIpc) is 2.95. The number of benzene rings is 1. The van der Waals surface area contributed by atoms with Crippen LogP contribution in [-0.4, -0.2) is 29.3 Å². The zero-order valence-corrected chi connectivity index (χ0v) is 11.3. The first-order chi connectivity index (χ1) is 9.56. The summed E-state index contributed by atoms with van der Waals surface area (Å²) in [6.07, 6.45) is 0. The van der Waals surface area contributed by atoms with Crippen LogP contribution in [0.1, 0.15) is 18.9 Å². The van der Waals surface area contributed by atoms with Gasteiger partial charge in [-0.1, -0.05) is 0 Å². The van der Waals surface area contributed by atoms with Crippen molar-refractivity contribution >= 4 is 5.69 Å². The molecule has 1 aromatic heterocycles. The molecule has 0 radical (unpaired) electrons. The highest BCUT2D eigenvalue weighted by Gasteiger charge is 2.19. The van der Waals surface area contributed by atoms with Crippen molar-refractivity contribution < 1.29 is 14.1 Å². The smallest absolute Gasteiger partial charge is 0.311 e. The Hall–Kier alpha value is -2.48. The lowest BCUT2D eigenvalue weighted by molar-refractivity contribution is -0.385. The summed E-state index contributed by atoms with van der Waals surface area (Å²) in [6.45, 7) is 1.87. The van der Waals surface area contributed by atoms with E-state index < -0.39 is 4.92 Å². The maximum Gasteiger partial charge on any atom is 0.311 e. The maximum atomic E-state index is 11.0. The second kappa shape index (κ2) is 5.66. The van der Waals surface area contributed by atoms with Gasteiger partial charge in [0.15, 0.2) is 5.75 Å². The Morgan fingerprint density at radius 1 is 1.45 bits per heavy atom. The summed E-state index contributed by atoms with van der Waals surface area (Å²) in [5.74, 6) is 0.830. The van der Waals surface area contributed by atoms with Crippen LogP contribution >= 0.6 is 0 Å². The monoisotopic (exact) mass is 278 g/mol. The molecule has 1 unspecified atom stereocenters. The van der Waals surface area contributed by atoms with Gasteiger partial charge in [-0.2, -0.15) is 0 Å². The number of hydrogen-bond acceptors (Lipinski definition) is 7. The van der Waals surface area contributed by atoms with Crippen LogP contribution in [-0.2, 0) is 0 Å². The van der Waals surface area contributed by atoms with Gasteiger partial charge in [0.25, 0.3) is 0 Å². The van der Waals surface area contributed by atoms with Crippen LogP contribution in [0.5, 0.6) is 5.75 Å². The highest BCUT2D eigenvalue weighted by Crippen LogP contribution is 2.31. The zero-order chi connectivity index (χ0) is 14.7. The molecule has 0 amide bonds. The van der Waals surface area contributed by atoms with Gasteiger partial charge in [0.05, 0.1) is 18.1 Å². The van der Waals surface area contributed by atoms with Crippen molar-refractivity contribution in [1.82, 2.24) is 15.5 Å². The molecule has 1 heterocycles. The van der Waals surface area contributed by atoms with Crippen molar-refractivity contribution in [3.8, 4) is 17.2 Å². The highest BCUT2D eigenvalue weighted by molar-refractivity contribution is 5.62. The Morgan fingerprint density at radius 2 is 2.20 bits per heavy atom. The third kappa shape index (κ3) is 2.59. The maximum absolute atomic E-state index is 11.0. The van der Waals surface area contributed by atoms with E-state index in [1.807, 2.05) is 6.92 Å². The molecule has 0 saturated carbocycles. The van der Waals surface area contributed by atoms with Crippen LogP contribution < -0.4 is 10.1 Å². The van der Waals surface area contributed by atoms with Crippen LogP contribution in [0.15, 0.2) is 22.6 Å². The minimum absolute atomic E-state index is 0.0931. The lowest BCUT2D eigenvalue weighted by Gasteiger charge is -2.03. The molecule has 0 bridgehead atoms. The summed E-state index contributed by atoms with van der Waals surface area (Å²) in [4.78, 5) is 10.5. The second-order valence-electron chi connectivity index (χ2n) is 4.10. The Kier molecular flexibility index (Phi) is 3.94. The predicted octanol–water partition coefficient (Wildman–Crippen LogP) is 1.93. The van der Waals surface area contributed by atoms with Crippen molar-refractivity contribution in [2.45, 2.75) is 13.0 Å². The molecule has 8 nitrogen and oxygen atoms in total. The van der Waals surface area contributed by atoms with Gasteiger partial charge in [0, 0.05) is 11.6 Å². The fourth-order valence-corrected chi connectivity index (χ4v) is 1.62. The number of nitrogens with zero attached hydrogens (tertiary/aromatic N) is 3. The Bertz CT molecular complexity index is 626. The topological polar surface area (TPSA) is 103 Å². The molecule has 1 atom stereocenters. The summed E-state index contributed by atoms with van der Waals surface area (Å²) in [6, 6.07) is 4.39. The fourth-order valence-electron chi connectivity index (χ4n) is 1.62. The molecular formula is C12H14N4O4. The van der Waals surface area contributed by atoms with Gasteiger partial charge in [-0.05, 0) is 26.1 Å². The highest BCUT2D eigenvalue weighted by atomic mass is 16.6. The summed E-state index contributed by atoms with van der Waals surface area (Å²) < 4.78 is 10.4. The first-order valence-corrected chi connectivity index (χ1v) is 5.90. The molecule has 1 N–H and O–H groups in total. The Labute approximate surface area is 114 Å². The van der Waals surface area contributed by atoms with Crippen LogP contribution in [0.4, 0.5) is 5.69 Å². The fraction of sp³-hybridized carbons (Fsp3) is 0.333. The molecule has 0 aliphatic carbocycles. The van der Waals surface area contributed by atoms with Crippen LogP contribution in [0, 0.1) is 10.1 Å². The normalized spacial score (nSPS) is 12.2. The summed E-state index contributed by atoms with van der Waals surface area (Å²) in [5, 5.41) is 21.7. The largest absolute Gasteiger partial charge is 0.490 e. The SMILES string of the molecule is CNC(C)c1nnc(-c2ccc(OC)c([N+](=O)[O-])c2)o1. The molecule has 0 saturated heterocycles. The molecule has 0 fully saturated rings. The lowest BCUT2D eigenvalue weighted by atomic mass is 10.2. The summed E-state index contributed by atoms with van der Waals surface area (Å²) >= 11 is 0. The quantitative estimate of drug-likeness (QED) is 0.658. The first-order valence-electron chi connectivity index (χ1n) is 5.90. The van der Waals surface area contributed by atoms with Crippen LogP contribution in [0.25, 0.3) is 11.5 Å². The van der Waals surface area contributed by atoms with E-state index >= 15 is 0 Å². The van der Waals surface area contributed by atoms with Crippen molar-refractivity contribution in [2.24, 2.45) is 0 Å². The van der Waals surface area contributed by atoms with E-state index in [9.17, 15) is 10.1 Å². The number of hydrogen-bond donors (Lipinski definition) is 1. The van der Waals surface area contributed by atoms with Gasteiger partial charge in [0.1, 0.15) is 0 Å². The third-order valence-corrected chi connectivity index (χ3v) is 2.87. The number of ether oxygens (including phenoxy) is 1. The Morgan fingerprint density at radius 3 is 2.80 bits per heavy atom. The average molecular weight is 278 g/mol. The molecule has 106 valence electrons. The molecule has 20 heavy (non-hydrogen) atoms. The number of nitrogens with one attached hydrogen (secondary N) is 1. The van der Waals surface area contributed by atoms with E-state index in [-0.39, 0.29) is 23.4 Å². The van der Waals surface area contributed by atoms with Crippen LogP contribution in [0.3, 0.4) is 0 Å². The van der Waals surface area contributed by atoms with Crippen LogP contribution in [0.2, 0.25) is 0 Å². The number of rotatable bonds is 5. The molecular weight excluding hydrogens is 264 g/mol. The number of methoxy groups -OCH3 is 1. The van der Waals surface area contributed by atoms with E-state index in [4.69, 9.17) is 9.15 Å². The number of aromatic nitrogens is 2. The molecule has 0 spiro atoms. The molecule has 2 rings (SSSR count). The minimum atomic E-state index is -0.518. The Balaban J connectivity index is 2.40. The standard InChI is InChI=1S/C12H14N4O4/c1-7(13-2)11-14-15-12(20-11)8-4-5-10(19-3)9(6-8)16(17)18/h4-7,13H,1-3H3. The second-order valence-corrected chi connectivity index (χ2v) is 4.10. The van der Waals surface area contributed by atoms with Crippen molar-refractivity contribution in [3.63, 3.8) is 0 Å². The number of nitro groups is 1. The molecule has 1 aromatic carbocycles. The predicted molar refractivity (Wildman–Crippen MR) is 70.4 cm³/mol. The number of nitro benzene ring substituents is 1. The van der Waals surface area contributed by atoms with E-state index in [2.05, 4.69) is 15.5 Å². The van der Waals surface area contributed by atoms with Crippen molar-refractivity contribution in [1.29, 1.82) is 0 Å². The minimum Gasteiger partial charge on any atom is -0.490 e. The zero-order valence-electron chi connectivity index (χ0n) is 11.3. The van der Waals surface area contributed by atoms with Gasteiger partial charge < -0.3 is 14.5 Å². The van der Waals surface area contributed by atoms with Gasteiger partial charge in [-0.3, -0.25) is 10.1 Å². The lowest BCUT2D eigenvalue weighted by Crippen LogP contribution is -2.12. The van der Waals surface area contributed by atoms with Gasteiger partial charge in [0.2, 0.25) is 11.8 Å². The van der Waals surface area contributed by atoms with E-state index in [0.29, 0.717) is 11.5 Å². The van der Waals surface area contributed by atoms with Gasteiger partial charge in [-0.15, -0.1) is 10.2 Å². The third-order valence-electron chi connectivity index (χ3n) is 2.87. The van der Waals surface area contributed by atoms with E-state index in [1.54, 1.807) is 13.1 Å². The van der Waals surface area contributed by atoms with Crippen molar-refractivity contribution in [2.75, 3.05) is 14.2 Å². The molecule has 8 heteroatoms.